The average molecular weight is 328 g/mol. The Morgan fingerprint density at radius 2 is 1.71 bits per heavy atom. The lowest BCUT2D eigenvalue weighted by Gasteiger charge is -2.14. The molecule has 0 radical (unpaired) electrons. The molecule has 0 heterocycles. The topological polar surface area (TPSA) is 59.6 Å². The van der Waals surface area contributed by atoms with Crippen molar-refractivity contribution in [2.75, 3.05) is 26.1 Å². The molecule has 0 aliphatic heterocycles. The van der Waals surface area contributed by atoms with Gasteiger partial charge >= 0.3 is 0 Å². The van der Waals surface area contributed by atoms with Crippen LogP contribution in [0.25, 0.3) is 0 Å². The van der Waals surface area contributed by atoms with Crippen LogP contribution in [0.5, 0.6) is 11.5 Å². The minimum Gasteiger partial charge on any atom is -0.496 e. The van der Waals surface area contributed by atoms with E-state index in [0.29, 0.717) is 23.6 Å². The number of hydrogen-bond donors (Lipinski definition) is 2. The van der Waals surface area contributed by atoms with Crippen molar-refractivity contribution in [3.05, 3.63) is 53.1 Å². The number of para-hydroxylation sites is 1. The Morgan fingerprint density at radius 3 is 2.29 bits per heavy atom. The highest BCUT2D eigenvalue weighted by Gasteiger charge is 2.14. The summed E-state index contributed by atoms with van der Waals surface area (Å²) < 4.78 is 10.7. The molecule has 128 valence electrons. The number of hydrogen-bond acceptors (Lipinski definition) is 4. The summed E-state index contributed by atoms with van der Waals surface area (Å²) in [5.74, 6) is 1.05. The lowest BCUT2D eigenvalue weighted by molar-refractivity contribution is 0.102. The standard InChI is InChI=1S/C19H24N2O3/c1-5-20-12-14-8-6-7-9-16(14)21-19(22)15-10-17(23-3)13(2)18(11-15)24-4/h6-11,20H,5,12H2,1-4H3,(H,21,22). The summed E-state index contributed by atoms with van der Waals surface area (Å²) in [6, 6.07) is 11.2. The molecule has 2 aromatic rings. The van der Waals surface area contributed by atoms with E-state index < -0.39 is 0 Å². The van der Waals surface area contributed by atoms with Crippen LogP contribution in [0.2, 0.25) is 0 Å². The molecular weight excluding hydrogens is 304 g/mol. The van der Waals surface area contributed by atoms with Crippen molar-refractivity contribution in [1.82, 2.24) is 5.32 Å². The van der Waals surface area contributed by atoms with Crippen molar-refractivity contribution in [1.29, 1.82) is 0 Å². The monoisotopic (exact) mass is 328 g/mol. The van der Waals surface area contributed by atoms with Gasteiger partial charge in [-0.15, -0.1) is 0 Å². The normalized spacial score (nSPS) is 10.3. The summed E-state index contributed by atoms with van der Waals surface area (Å²) in [5.41, 5.74) is 3.19. The van der Waals surface area contributed by atoms with Crippen molar-refractivity contribution in [3.63, 3.8) is 0 Å². The number of carbonyl (C=O) groups excluding carboxylic acids is 1. The highest BCUT2D eigenvalue weighted by atomic mass is 16.5. The zero-order chi connectivity index (χ0) is 17.5. The molecule has 0 saturated heterocycles. The Bertz CT molecular complexity index is 689. The van der Waals surface area contributed by atoms with Crippen molar-refractivity contribution < 1.29 is 14.3 Å². The fourth-order valence-corrected chi connectivity index (χ4v) is 2.47. The van der Waals surface area contributed by atoms with Gasteiger partial charge < -0.3 is 20.1 Å². The number of carbonyl (C=O) groups is 1. The number of anilines is 1. The molecule has 24 heavy (non-hydrogen) atoms. The van der Waals surface area contributed by atoms with Gasteiger partial charge in [0.2, 0.25) is 0 Å². The Balaban J connectivity index is 2.27. The van der Waals surface area contributed by atoms with Gasteiger partial charge in [-0.3, -0.25) is 4.79 Å². The van der Waals surface area contributed by atoms with E-state index in [-0.39, 0.29) is 5.91 Å². The van der Waals surface area contributed by atoms with Crippen LogP contribution in [0.1, 0.15) is 28.4 Å². The van der Waals surface area contributed by atoms with Crippen molar-refractivity contribution in [2.24, 2.45) is 0 Å². The maximum atomic E-state index is 12.6. The predicted molar refractivity (Wildman–Crippen MR) is 96.1 cm³/mol. The summed E-state index contributed by atoms with van der Waals surface area (Å²) in [7, 11) is 3.16. The van der Waals surface area contributed by atoms with Crippen LogP contribution in [-0.2, 0) is 6.54 Å². The third-order valence-electron chi connectivity index (χ3n) is 3.85. The lowest BCUT2D eigenvalue weighted by Crippen LogP contribution is -2.17. The number of benzene rings is 2. The first-order valence-electron chi connectivity index (χ1n) is 7.93. The van der Waals surface area contributed by atoms with Crippen LogP contribution in [0.3, 0.4) is 0 Å². The van der Waals surface area contributed by atoms with Gasteiger partial charge in [-0.25, -0.2) is 0 Å². The van der Waals surface area contributed by atoms with Gasteiger partial charge in [-0.05, 0) is 37.2 Å². The van der Waals surface area contributed by atoms with Crippen LogP contribution >= 0.6 is 0 Å². The van der Waals surface area contributed by atoms with Crippen molar-refractivity contribution in [2.45, 2.75) is 20.4 Å². The maximum Gasteiger partial charge on any atom is 0.255 e. The Morgan fingerprint density at radius 1 is 1.08 bits per heavy atom. The maximum absolute atomic E-state index is 12.6. The minimum atomic E-state index is -0.199. The average Bonchev–Trinajstić information content (AvgIpc) is 2.61. The molecular formula is C19H24N2O3. The quantitative estimate of drug-likeness (QED) is 0.818. The summed E-state index contributed by atoms with van der Waals surface area (Å²) in [5, 5.41) is 6.24. The van der Waals surface area contributed by atoms with Gasteiger partial charge in [0.05, 0.1) is 14.2 Å². The van der Waals surface area contributed by atoms with Gasteiger partial charge in [-0.1, -0.05) is 25.1 Å². The van der Waals surface area contributed by atoms with E-state index in [2.05, 4.69) is 10.6 Å². The molecule has 0 fully saturated rings. The largest absolute Gasteiger partial charge is 0.496 e. The molecule has 5 nitrogen and oxygen atoms in total. The van der Waals surface area contributed by atoms with E-state index in [9.17, 15) is 4.79 Å². The third-order valence-corrected chi connectivity index (χ3v) is 3.85. The van der Waals surface area contributed by atoms with Crippen LogP contribution in [0, 0.1) is 6.92 Å². The van der Waals surface area contributed by atoms with E-state index in [1.54, 1.807) is 26.4 Å². The summed E-state index contributed by atoms with van der Waals surface area (Å²) in [6.45, 7) is 5.51. The lowest BCUT2D eigenvalue weighted by atomic mass is 10.1. The van der Waals surface area contributed by atoms with Crippen LogP contribution in [-0.4, -0.2) is 26.7 Å². The summed E-state index contributed by atoms with van der Waals surface area (Å²) in [6.07, 6.45) is 0. The second-order valence-corrected chi connectivity index (χ2v) is 5.40. The smallest absolute Gasteiger partial charge is 0.255 e. The molecule has 0 aromatic heterocycles. The molecule has 0 aliphatic rings. The number of rotatable bonds is 7. The second-order valence-electron chi connectivity index (χ2n) is 5.40. The van der Waals surface area contributed by atoms with Crippen molar-refractivity contribution >= 4 is 11.6 Å². The van der Waals surface area contributed by atoms with Crippen LogP contribution in [0.15, 0.2) is 36.4 Å². The predicted octanol–water partition coefficient (Wildman–Crippen LogP) is 3.37. The zero-order valence-corrected chi connectivity index (χ0v) is 14.6. The molecule has 2 rings (SSSR count). The minimum absolute atomic E-state index is 0.199. The number of amides is 1. The number of ether oxygens (including phenoxy) is 2. The molecule has 0 saturated carbocycles. The first kappa shape index (κ1) is 17.8. The van der Waals surface area contributed by atoms with E-state index in [1.807, 2.05) is 38.1 Å². The molecule has 0 atom stereocenters. The van der Waals surface area contributed by atoms with Gasteiger partial charge in [-0.2, -0.15) is 0 Å². The number of methoxy groups -OCH3 is 2. The molecule has 2 aromatic carbocycles. The van der Waals surface area contributed by atoms with E-state index in [4.69, 9.17) is 9.47 Å². The zero-order valence-electron chi connectivity index (χ0n) is 14.6. The molecule has 1 amide bonds. The molecule has 0 spiro atoms. The van der Waals surface area contributed by atoms with Crippen LogP contribution < -0.4 is 20.1 Å². The van der Waals surface area contributed by atoms with E-state index in [0.717, 1.165) is 23.4 Å². The van der Waals surface area contributed by atoms with Gasteiger partial charge in [0, 0.05) is 23.4 Å². The van der Waals surface area contributed by atoms with Crippen molar-refractivity contribution in [3.8, 4) is 11.5 Å². The summed E-state index contributed by atoms with van der Waals surface area (Å²) in [4.78, 5) is 12.6. The molecule has 0 unspecified atom stereocenters. The SMILES string of the molecule is CCNCc1ccccc1NC(=O)c1cc(OC)c(C)c(OC)c1. The Hall–Kier alpha value is -2.53. The molecule has 5 heteroatoms. The summed E-state index contributed by atoms with van der Waals surface area (Å²) >= 11 is 0. The molecule has 0 bridgehead atoms. The van der Waals surface area contributed by atoms with E-state index >= 15 is 0 Å². The fourth-order valence-electron chi connectivity index (χ4n) is 2.47. The third kappa shape index (κ3) is 4.06. The van der Waals surface area contributed by atoms with Crippen LogP contribution in [0.4, 0.5) is 5.69 Å². The molecule has 0 aliphatic carbocycles. The first-order valence-corrected chi connectivity index (χ1v) is 7.93. The number of nitrogens with one attached hydrogen (secondary N) is 2. The molecule has 2 N–H and O–H groups in total. The van der Waals surface area contributed by atoms with Gasteiger partial charge in [0.25, 0.3) is 5.91 Å². The second kappa shape index (κ2) is 8.36. The Kier molecular flexibility index (Phi) is 6.21. The highest BCUT2D eigenvalue weighted by molar-refractivity contribution is 6.05. The Labute approximate surface area is 143 Å². The van der Waals surface area contributed by atoms with E-state index in [1.165, 1.54) is 0 Å². The van der Waals surface area contributed by atoms with Gasteiger partial charge in [0.15, 0.2) is 0 Å². The fraction of sp³-hybridized carbons (Fsp3) is 0.316. The highest BCUT2D eigenvalue weighted by Crippen LogP contribution is 2.30. The first-order chi connectivity index (χ1) is 11.6. The van der Waals surface area contributed by atoms with Gasteiger partial charge in [0.1, 0.15) is 11.5 Å².